The summed E-state index contributed by atoms with van der Waals surface area (Å²) in [5, 5.41) is 14.9. The maximum Gasteiger partial charge on any atom is 0.335 e. The Balaban J connectivity index is 1.95. The lowest BCUT2D eigenvalue weighted by Crippen LogP contribution is -2.25. The highest BCUT2D eigenvalue weighted by Crippen LogP contribution is 2.27. The van der Waals surface area contributed by atoms with Gasteiger partial charge < -0.3 is 15.7 Å². The third kappa shape index (κ3) is 4.21. The van der Waals surface area contributed by atoms with Gasteiger partial charge in [-0.05, 0) is 42.5 Å². The molecule has 1 aromatic rings. The molecule has 0 spiro atoms. The number of hydrogen-bond donors (Lipinski definition) is 3. The molecule has 114 valence electrons. The second-order valence-corrected chi connectivity index (χ2v) is 5.56. The first-order chi connectivity index (χ1) is 10.1. The molecule has 5 heteroatoms. The highest BCUT2D eigenvalue weighted by molar-refractivity contribution is 5.88. The fraction of sp³-hybridized carbons (Fsp3) is 0.500. The molecule has 3 N–H and O–H groups in total. The van der Waals surface area contributed by atoms with Gasteiger partial charge in [-0.15, -0.1) is 0 Å². The molecule has 1 fully saturated rings. The molecule has 21 heavy (non-hydrogen) atoms. The average molecular weight is 290 g/mol. The Morgan fingerprint density at radius 2 is 2.00 bits per heavy atom. The van der Waals surface area contributed by atoms with Crippen LogP contribution in [0.4, 0.5) is 5.69 Å². The molecular weight excluding hydrogens is 268 g/mol. The molecule has 0 aliphatic heterocycles. The summed E-state index contributed by atoms with van der Waals surface area (Å²) < 4.78 is 0. The van der Waals surface area contributed by atoms with Gasteiger partial charge in [0.2, 0.25) is 5.91 Å². The fourth-order valence-corrected chi connectivity index (χ4v) is 2.86. The van der Waals surface area contributed by atoms with Crippen LogP contribution >= 0.6 is 0 Å². The Morgan fingerprint density at radius 3 is 2.62 bits per heavy atom. The van der Waals surface area contributed by atoms with Gasteiger partial charge in [0.25, 0.3) is 0 Å². The highest BCUT2D eigenvalue weighted by atomic mass is 16.4. The van der Waals surface area contributed by atoms with Crippen molar-refractivity contribution in [2.24, 2.45) is 5.92 Å². The maximum absolute atomic E-state index is 11.9. The van der Waals surface area contributed by atoms with Gasteiger partial charge in [-0.2, -0.15) is 0 Å². The average Bonchev–Trinajstić information content (AvgIpc) is 2.97. The van der Waals surface area contributed by atoms with Crippen molar-refractivity contribution in [1.82, 2.24) is 5.32 Å². The number of nitrogens with one attached hydrogen (secondary N) is 2. The predicted octanol–water partition coefficient (Wildman–Crippen LogP) is 2.62. The minimum atomic E-state index is -0.962. The first-order valence-corrected chi connectivity index (χ1v) is 7.41. The van der Waals surface area contributed by atoms with E-state index < -0.39 is 5.97 Å². The number of carboxylic acid groups (broad SMARTS) is 1. The number of amides is 1. The zero-order valence-electron chi connectivity index (χ0n) is 12.3. The lowest BCUT2D eigenvalue weighted by atomic mass is 10.0. The molecule has 1 saturated carbocycles. The van der Waals surface area contributed by atoms with E-state index in [0.717, 1.165) is 24.1 Å². The minimum Gasteiger partial charge on any atom is -0.478 e. The maximum atomic E-state index is 11.9. The van der Waals surface area contributed by atoms with Gasteiger partial charge in [-0.3, -0.25) is 4.79 Å². The summed E-state index contributed by atoms with van der Waals surface area (Å²) in [7, 11) is 1.78. The van der Waals surface area contributed by atoms with E-state index >= 15 is 0 Å². The van der Waals surface area contributed by atoms with E-state index in [1.807, 2.05) is 0 Å². The Hall–Kier alpha value is -2.04. The Morgan fingerprint density at radius 1 is 1.29 bits per heavy atom. The van der Waals surface area contributed by atoms with E-state index in [9.17, 15) is 9.59 Å². The molecule has 5 nitrogen and oxygen atoms in total. The van der Waals surface area contributed by atoms with Crippen molar-refractivity contribution in [2.75, 3.05) is 12.4 Å². The van der Waals surface area contributed by atoms with E-state index in [1.165, 1.54) is 12.8 Å². The van der Waals surface area contributed by atoms with Gasteiger partial charge in [0, 0.05) is 25.7 Å². The number of anilines is 1. The largest absolute Gasteiger partial charge is 0.478 e. The van der Waals surface area contributed by atoms with Crippen molar-refractivity contribution in [1.29, 1.82) is 0 Å². The van der Waals surface area contributed by atoms with Gasteiger partial charge in [0.15, 0.2) is 0 Å². The highest BCUT2D eigenvalue weighted by Gasteiger charge is 2.18. The Kier molecular flexibility index (Phi) is 5.20. The third-order valence-electron chi connectivity index (χ3n) is 4.05. The second-order valence-electron chi connectivity index (χ2n) is 5.56. The normalized spacial score (nSPS) is 14.9. The number of carbonyl (C=O) groups excluding carboxylic acids is 1. The van der Waals surface area contributed by atoms with Crippen LogP contribution in [0.25, 0.3) is 0 Å². The molecule has 1 amide bonds. The van der Waals surface area contributed by atoms with E-state index in [-0.39, 0.29) is 11.5 Å². The summed E-state index contributed by atoms with van der Waals surface area (Å²) in [6, 6.07) is 4.88. The smallest absolute Gasteiger partial charge is 0.335 e. The van der Waals surface area contributed by atoms with Crippen molar-refractivity contribution in [3.05, 3.63) is 29.3 Å². The standard InChI is InChI=1S/C16H22N2O3/c1-17-14-7-6-12(16(20)21)9-13(14)10-18-15(19)8-11-4-2-3-5-11/h6-7,9,11,17H,2-5,8,10H2,1H3,(H,18,19)(H,20,21). The third-order valence-corrected chi connectivity index (χ3v) is 4.05. The van der Waals surface area contributed by atoms with Gasteiger partial charge in [0.05, 0.1) is 5.56 Å². The van der Waals surface area contributed by atoms with Gasteiger partial charge in [0.1, 0.15) is 0 Å². The molecule has 0 radical (unpaired) electrons. The first-order valence-electron chi connectivity index (χ1n) is 7.41. The molecule has 1 aromatic carbocycles. The minimum absolute atomic E-state index is 0.0460. The lowest BCUT2D eigenvalue weighted by molar-refractivity contribution is -0.122. The molecule has 0 saturated heterocycles. The molecule has 0 bridgehead atoms. The van der Waals surface area contributed by atoms with Crippen LogP contribution in [0.1, 0.15) is 48.0 Å². The van der Waals surface area contributed by atoms with E-state index in [2.05, 4.69) is 10.6 Å². The number of aromatic carboxylic acids is 1. The van der Waals surface area contributed by atoms with Gasteiger partial charge in [-0.1, -0.05) is 12.8 Å². The van der Waals surface area contributed by atoms with Crippen molar-refractivity contribution in [2.45, 2.75) is 38.6 Å². The van der Waals surface area contributed by atoms with Crippen LogP contribution in [0.2, 0.25) is 0 Å². The van der Waals surface area contributed by atoms with Crippen molar-refractivity contribution in [3.8, 4) is 0 Å². The number of carboxylic acids is 1. The monoisotopic (exact) mass is 290 g/mol. The quantitative estimate of drug-likeness (QED) is 0.752. The van der Waals surface area contributed by atoms with E-state index in [4.69, 9.17) is 5.11 Å². The predicted molar refractivity (Wildman–Crippen MR) is 81.4 cm³/mol. The summed E-state index contributed by atoms with van der Waals surface area (Å²) >= 11 is 0. The summed E-state index contributed by atoms with van der Waals surface area (Å²) in [5.41, 5.74) is 1.85. The van der Waals surface area contributed by atoms with Crippen LogP contribution < -0.4 is 10.6 Å². The topological polar surface area (TPSA) is 78.4 Å². The van der Waals surface area contributed by atoms with E-state index in [1.54, 1.807) is 25.2 Å². The molecular formula is C16H22N2O3. The summed E-state index contributed by atoms with van der Waals surface area (Å²) in [5.74, 6) is -0.403. The lowest BCUT2D eigenvalue weighted by Gasteiger charge is -2.13. The Bertz CT molecular complexity index is 522. The molecule has 0 heterocycles. The molecule has 0 aromatic heterocycles. The molecule has 2 rings (SSSR count). The fourth-order valence-electron chi connectivity index (χ4n) is 2.86. The Labute approximate surface area is 124 Å². The van der Waals surface area contributed by atoms with Crippen LogP contribution in [0, 0.1) is 5.92 Å². The summed E-state index contributed by atoms with van der Waals surface area (Å²) in [6.07, 6.45) is 5.31. The van der Waals surface area contributed by atoms with Crippen LogP contribution in [0.3, 0.4) is 0 Å². The van der Waals surface area contributed by atoms with Crippen LogP contribution in [0.5, 0.6) is 0 Å². The van der Waals surface area contributed by atoms with Crippen LogP contribution in [-0.2, 0) is 11.3 Å². The van der Waals surface area contributed by atoms with Crippen molar-refractivity contribution in [3.63, 3.8) is 0 Å². The van der Waals surface area contributed by atoms with E-state index in [0.29, 0.717) is 18.9 Å². The molecule has 1 aliphatic rings. The zero-order chi connectivity index (χ0) is 15.2. The summed E-state index contributed by atoms with van der Waals surface area (Å²) in [6.45, 7) is 0.350. The second kappa shape index (κ2) is 7.11. The molecule has 0 unspecified atom stereocenters. The zero-order valence-corrected chi connectivity index (χ0v) is 12.3. The van der Waals surface area contributed by atoms with Crippen molar-refractivity contribution >= 4 is 17.6 Å². The molecule has 0 atom stereocenters. The summed E-state index contributed by atoms with van der Waals surface area (Å²) in [4.78, 5) is 23.0. The van der Waals surface area contributed by atoms with Gasteiger partial charge >= 0.3 is 5.97 Å². The number of hydrogen-bond acceptors (Lipinski definition) is 3. The van der Waals surface area contributed by atoms with Crippen LogP contribution in [-0.4, -0.2) is 24.0 Å². The van der Waals surface area contributed by atoms with Crippen LogP contribution in [0.15, 0.2) is 18.2 Å². The number of benzene rings is 1. The van der Waals surface area contributed by atoms with Crippen molar-refractivity contribution < 1.29 is 14.7 Å². The SMILES string of the molecule is CNc1ccc(C(=O)O)cc1CNC(=O)CC1CCCC1. The van der Waals surface area contributed by atoms with Gasteiger partial charge in [-0.25, -0.2) is 4.79 Å². The number of carbonyl (C=O) groups is 2. The molecule has 1 aliphatic carbocycles. The number of rotatable bonds is 6. The first kappa shape index (κ1) is 15.4.